The quantitative estimate of drug-likeness (QED) is 0.368. The van der Waals surface area contributed by atoms with Crippen molar-refractivity contribution < 1.29 is 47.8 Å². The van der Waals surface area contributed by atoms with E-state index in [1.807, 2.05) is 31.2 Å². The molecule has 1 aromatic rings. The molecule has 3 rings (SSSR count). The van der Waals surface area contributed by atoms with Crippen molar-refractivity contribution in [1.29, 1.82) is 0 Å². The zero-order valence-electron chi connectivity index (χ0n) is 24.3. The Morgan fingerprint density at radius 3 is 2.02 bits per heavy atom. The summed E-state index contributed by atoms with van der Waals surface area (Å²) in [4.78, 5) is 15.5. The van der Waals surface area contributed by atoms with E-state index >= 15 is 0 Å². The third-order valence-electron chi connectivity index (χ3n) is 6.73. The molecule has 0 radical (unpaired) electrons. The number of benzene rings is 1. The Bertz CT molecular complexity index is 839. The average molecular weight is 582 g/mol. The van der Waals surface area contributed by atoms with Crippen molar-refractivity contribution >= 4 is 5.91 Å². The molecule has 0 aliphatic carbocycles. The van der Waals surface area contributed by atoms with Crippen molar-refractivity contribution in [3.8, 4) is 0 Å². The predicted octanol–water partition coefficient (Wildman–Crippen LogP) is 1.99. The fourth-order valence-electron chi connectivity index (χ4n) is 4.67. The van der Waals surface area contributed by atoms with Gasteiger partial charge in [0, 0.05) is 38.1 Å². The minimum atomic E-state index is -0.617. The maximum atomic E-state index is 13.8. The van der Waals surface area contributed by atoms with Gasteiger partial charge in [-0.15, -0.1) is 0 Å². The molecule has 3 atom stereocenters. The van der Waals surface area contributed by atoms with Crippen LogP contribution in [0.4, 0.5) is 0 Å². The van der Waals surface area contributed by atoms with Crippen LogP contribution < -0.4 is 0 Å². The highest BCUT2D eigenvalue weighted by Crippen LogP contribution is 2.39. The highest BCUT2D eigenvalue weighted by atomic mass is 16.7. The smallest absolute Gasteiger partial charge is 0.288 e. The lowest BCUT2D eigenvalue weighted by molar-refractivity contribution is -0.172. The fourth-order valence-corrected chi connectivity index (χ4v) is 4.67. The maximum Gasteiger partial charge on any atom is 0.288 e. The Balaban J connectivity index is 1.73. The molecule has 0 unspecified atom stereocenters. The molecule has 0 aromatic heterocycles. The molecule has 2 aliphatic heterocycles. The first-order valence-corrected chi connectivity index (χ1v) is 14.7. The summed E-state index contributed by atoms with van der Waals surface area (Å²) in [6, 6.07) is 10.1. The van der Waals surface area contributed by atoms with Crippen molar-refractivity contribution in [2.75, 3.05) is 106 Å². The summed E-state index contributed by atoms with van der Waals surface area (Å²) in [5.41, 5.74) is 1.07. The summed E-state index contributed by atoms with van der Waals surface area (Å²) in [5.74, 6) is -0.145. The van der Waals surface area contributed by atoms with Crippen LogP contribution in [0.15, 0.2) is 42.2 Å². The second kappa shape index (κ2) is 20.7. The van der Waals surface area contributed by atoms with Gasteiger partial charge in [-0.25, -0.2) is 0 Å². The molecule has 11 nitrogen and oxygen atoms in total. The lowest BCUT2D eigenvalue weighted by Gasteiger charge is -2.38. The molecule has 11 heteroatoms. The third-order valence-corrected chi connectivity index (χ3v) is 6.73. The third kappa shape index (κ3) is 12.4. The largest absolute Gasteiger partial charge is 0.459 e. The summed E-state index contributed by atoms with van der Waals surface area (Å²) in [7, 11) is 0. The van der Waals surface area contributed by atoms with Gasteiger partial charge in [0.05, 0.1) is 79.3 Å². The molecule has 0 bridgehead atoms. The van der Waals surface area contributed by atoms with Gasteiger partial charge in [-0.1, -0.05) is 30.3 Å². The van der Waals surface area contributed by atoms with Crippen LogP contribution in [-0.2, 0) is 42.7 Å². The van der Waals surface area contributed by atoms with Gasteiger partial charge in [-0.3, -0.25) is 4.79 Å². The molecule has 232 valence electrons. The Morgan fingerprint density at radius 2 is 1.44 bits per heavy atom. The van der Waals surface area contributed by atoms with Gasteiger partial charge in [0.1, 0.15) is 0 Å². The van der Waals surface area contributed by atoms with Crippen molar-refractivity contribution in [3.05, 3.63) is 47.7 Å². The van der Waals surface area contributed by atoms with E-state index in [4.69, 9.17) is 43.0 Å². The minimum absolute atomic E-state index is 0.0109. The topological polar surface area (TPSA) is 114 Å². The van der Waals surface area contributed by atoms with Crippen LogP contribution in [0, 0.1) is 5.92 Å². The van der Waals surface area contributed by atoms with E-state index in [-0.39, 0.29) is 30.1 Å². The molecule has 0 saturated carbocycles. The van der Waals surface area contributed by atoms with Crippen LogP contribution >= 0.6 is 0 Å². The van der Waals surface area contributed by atoms with Crippen molar-refractivity contribution in [3.63, 3.8) is 0 Å². The number of carbonyl (C=O) groups is 1. The van der Waals surface area contributed by atoms with Gasteiger partial charge in [-0.05, 0) is 25.0 Å². The predicted molar refractivity (Wildman–Crippen MR) is 150 cm³/mol. The minimum Gasteiger partial charge on any atom is -0.459 e. The standard InChI is InChI=1S/C30H47NO10/c1-2-40-30-26(8-12-34-16-19-37-15-11-32)27(25-6-4-3-5-7-25)24-28(41-30)29(33)31-9-13-35-17-20-38-22-23-39-21-18-36-14-10-31/h3-7,24,26-27,30,32H,2,8-23H2,1H3/t26-,27-,30-/m1/s1. The summed E-state index contributed by atoms with van der Waals surface area (Å²) in [6.07, 6.45) is 1.97. The Hall–Kier alpha value is -2.09. The molecule has 1 N–H and O–H groups in total. The maximum absolute atomic E-state index is 13.8. The molecular weight excluding hydrogens is 534 g/mol. The summed E-state index contributed by atoms with van der Waals surface area (Å²) < 4.78 is 45.8. The first kappa shape index (κ1) is 33.4. The molecule has 41 heavy (non-hydrogen) atoms. The first-order chi connectivity index (χ1) is 20.2. The molecule has 0 spiro atoms. The van der Waals surface area contributed by atoms with Gasteiger partial charge in [-0.2, -0.15) is 0 Å². The number of nitrogens with zero attached hydrogens (tertiary/aromatic N) is 1. The first-order valence-electron chi connectivity index (χ1n) is 14.7. The van der Waals surface area contributed by atoms with Crippen molar-refractivity contribution in [1.82, 2.24) is 4.90 Å². The Morgan fingerprint density at radius 1 is 0.854 bits per heavy atom. The van der Waals surface area contributed by atoms with E-state index in [1.54, 1.807) is 4.90 Å². The lowest BCUT2D eigenvalue weighted by atomic mass is 9.81. The number of hydrogen-bond donors (Lipinski definition) is 1. The van der Waals surface area contributed by atoms with Crippen LogP contribution in [0.3, 0.4) is 0 Å². The van der Waals surface area contributed by atoms with E-state index in [0.29, 0.717) is 105 Å². The number of allylic oxidation sites excluding steroid dienone is 1. The average Bonchev–Trinajstić information content (AvgIpc) is 3.01. The number of carbonyl (C=O) groups excluding carboxylic acids is 1. The Labute approximate surface area is 243 Å². The van der Waals surface area contributed by atoms with E-state index in [0.717, 1.165) is 5.56 Å². The number of aliphatic hydroxyl groups excluding tert-OH is 1. The van der Waals surface area contributed by atoms with Crippen LogP contribution in [0.25, 0.3) is 0 Å². The highest BCUT2D eigenvalue weighted by Gasteiger charge is 2.39. The number of amides is 1. The molecule has 1 fully saturated rings. The normalized spacial score (nSPS) is 23.6. The summed E-state index contributed by atoms with van der Waals surface area (Å²) >= 11 is 0. The van der Waals surface area contributed by atoms with Crippen LogP contribution in [0.5, 0.6) is 0 Å². The van der Waals surface area contributed by atoms with Crippen LogP contribution in [-0.4, -0.2) is 128 Å². The van der Waals surface area contributed by atoms with Gasteiger partial charge < -0.3 is 47.9 Å². The number of hydrogen-bond acceptors (Lipinski definition) is 10. The second-order valence-electron chi connectivity index (χ2n) is 9.55. The molecule has 1 aromatic carbocycles. The van der Waals surface area contributed by atoms with Crippen molar-refractivity contribution in [2.24, 2.45) is 5.92 Å². The van der Waals surface area contributed by atoms with E-state index in [9.17, 15) is 4.79 Å². The monoisotopic (exact) mass is 581 g/mol. The van der Waals surface area contributed by atoms with Crippen molar-refractivity contribution in [2.45, 2.75) is 25.6 Å². The van der Waals surface area contributed by atoms with Gasteiger partial charge in [0.25, 0.3) is 5.91 Å². The van der Waals surface area contributed by atoms with Gasteiger partial charge >= 0.3 is 0 Å². The van der Waals surface area contributed by atoms with Crippen LogP contribution in [0.1, 0.15) is 24.8 Å². The second-order valence-corrected chi connectivity index (χ2v) is 9.55. The summed E-state index contributed by atoms with van der Waals surface area (Å²) in [6.45, 7) is 8.34. The van der Waals surface area contributed by atoms with Crippen LogP contribution in [0.2, 0.25) is 0 Å². The van der Waals surface area contributed by atoms with Gasteiger partial charge in [0.2, 0.25) is 6.29 Å². The fraction of sp³-hybridized carbons (Fsp3) is 0.700. The van der Waals surface area contributed by atoms with Gasteiger partial charge in [0.15, 0.2) is 5.76 Å². The Kier molecular flexibility index (Phi) is 16.9. The van der Waals surface area contributed by atoms with E-state index in [2.05, 4.69) is 12.1 Å². The van der Waals surface area contributed by atoms with E-state index < -0.39 is 6.29 Å². The number of aliphatic hydroxyl groups is 1. The molecule has 1 amide bonds. The SMILES string of the molecule is CCO[C@@H]1OC(C(=O)N2CCOCCOCCOCCOCC2)=C[C@H](c2ccccc2)[C@H]1CCOCCOCCO. The number of ether oxygens (including phenoxy) is 8. The molecule has 2 aliphatic rings. The molecular formula is C30H47NO10. The summed E-state index contributed by atoms with van der Waals surface area (Å²) in [5, 5.41) is 8.85. The highest BCUT2D eigenvalue weighted by molar-refractivity contribution is 5.91. The molecule has 2 heterocycles. The van der Waals surface area contributed by atoms with E-state index in [1.165, 1.54) is 0 Å². The molecule has 1 saturated heterocycles. The number of rotatable bonds is 12. The zero-order valence-corrected chi connectivity index (χ0v) is 24.3. The zero-order chi connectivity index (χ0) is 29.0. The lowest BCUT2D eigenvalue weighted by Crippen LogP contribution is -2.43.